The summed E-state index contributed by atoms with van der Waals surface area (Å²) in [5.41, 5.74) is -2.92. The lowest BCUT2D eigenvalue weighted by Gasteiger charge is -2.35. The molecule has 0 aromatic carbocycles. The lowest BCUT2D eigenvalue weighted by atomic mass is 9.74. The first kappa shape index (κ1) is 28.4. The molecule has 2 aliphatic carbocycles. The highest BCUT2D eigenvalue weighted by Gasteiger charge is 2.45. The third-order valence-corrected chi connectivity index (χ3v) is 8.25. The van der Waals surface area contributed by atoms with Crippen molar-refractivity contribution >= 4 is 40.9 Å². The number of carbonyl (C=O) groups is 3. The SMILES string of the molecule is C[C@]1(C(=O)O)CC[C@H](n2ncc(C(=O)N(CC(=O)c3c(Cl)cncc3Cl)CC3CCC3)c2C(F)(F)F)CC1. The van der Waals surface area contributed by atoms with Gasteiger partial charge in [0, 0.05) is 18.9 Å². The molecule has 2 fully saturated rings. The number of aliphatic carboxylic acids is 1. The second-order valence-electron chi connectivity index (χ2n) is 10.3. The van der Waals surface area contributed by atoms with Crippen LogP contribution in [0.1, 0.15) is 84.3 Å². The Kier molecular flexibility index (Phi) is 8.09. The molecule has 2 aliphatic rings. The Morgan fingerprint density at radius 2 is 1.71 bits per heavy atom. The van der Waals surface area contributed by atoms with Gasteiger partial charge in [-0.2, -0.15) is 18.3 Å². The van der Waals surface area contributed by atoms with Crippen molar-refractivity contribution in [2.24, 2.45) is 11.3 Å². The van der Waals surface area contributed by atoms with E-state index >= 15 is 0 Å². The van der Waals surface area contributed by atoms with Crippen LogP contribution in [0.25, 0.3) is 0 Å². The van der Waals surface area contributed by atoms with E-state index in [-0.39, 0.29) is 53.8 Å². The average Bonchev–Trinajstić information content (AvgIpc) is 3.26. The van der Waals surface area contributed by atoms with E-state index in [9.17, 15) is 32.7 Å². The summed E-state index contributed by atoms with van der Waals surface area (Å²) >= 11 is 12.2. The molecular formula is C25H27Cl2F3N4O4. The summed E-state index contributed by atoms with van der Waals surface area (Å²) in [6, 6.07) is -0.711. The molecule has 38 heavy (non-hydrogen) atoms. The number of amides is 1. The average molecular weight is 575 g/mol. The Morgan fingerprint density at radius 1 is 1.11 bits per heavy atom. The number of carboxylic acid groups (broad SMARTS) is 1. The molecule has 4 rings (SSSR count). The summed E-state index contributed by atoms with van der Waals surface area (Å²) in [5.74, 6) is -2.51. The fourth-order valence-corrected chi connectivity index (χ4v) is 5.66. The second kappa shape index (κ2) is 10.8. The molecule has 0 aliphatic heterocycles. The minimum Gasteiger partial charge on any atom is -0.481 e. The fraction of sp³-hybridized carbons (Fsp3) is 0.560. The van der Waals surface area contributed by atoms with E-state index in [1.54, 1.807) is 6.92 Å². The van der Waals surface area contributed by atoms with Gasteiger partial charge >= 0.3 is 12.1 Å². The third kappa shape index (κ3) is 5.68. The Morgan fingerprint density at radius 3 is 2.21 bits per heavy atom. The van der Waals surface area contributed by atoms with E-state index in [0.29, 0.717) is 0 Å². The van der Waals surface area contributed by atoms with Crippen LogP contribution in [0.5, 0.6) is 0 Å². The van der Waals surface area contributed by atoms with E-state index in [1.807, 2.05) is 0 Å². The number of carbonyl (C=O) groups excluding carboxylic acids is 2. The molecule has 8 nitrogen and oxygen atoms in total. The highest BCUT2D eigenvalue weighted by Crippen LogP contribution is 2.43. The molecule has 2 saturated carbocycles. The van der Waals surface area contributed by atoms with Crippen molar-refractivity contribution < 1.29 is 32.7 Å². The highest BCUT2D eigenvalue weighted by atomic mass is 35.5. The largest absolute Gasteiger partial charge is 0.481 e. The van der Waals surface area contributed by atoms with Crippen molar-refractivity contribution in [3.8, 4) is 0 Å². The lowest BCUT2D eigenvalue weighted by Crippen LogP contribution is -2.41. The normalized spacial score (nSPS) is 22.1. The Hall–Kier alpha value is -2.66. The summed E-state index contributed by atoms with van der Waals surface area (Å²) in [5, 5.41) is 13.4. The molecule has 2 aromatic heterocycles. The molecule has 0 saturated heterocycles. The first-order valence-electron chi connectivity index (χ1n) is 12.3. The molecule has 0 radical (unpaired) electrons. The topological polar surface area (TPSA) is 105 Å². The molecule has 2 heterocycles. The van der Waals surface area contributed by atoms with E-state index < -0.39 is 53.1 Å². The minimum absolute atomic E-state index is 0.0204. The maximum absolute atomic E-state index is 14.3. The number of aromatic nitrogens is 3. The number of pyridine rings is 1. The second-order valence-corrected chi connectivity index (χ2v) is 11.1. The van der Waals surface area contributed by atoms with Crippen molar-refractivity contribution in [3.63, 3.8) is 0 Å². The van der Waals surface area contributed by atoms with E-state index in [2.05, 4.69) is 10.1 Å². The van der Waals surface area contributed by atoms with Crippen LogP contribution in [0.15, 0.2) is 18.6 Å². The zero-order valence-corrected chi connectivity index (χ0v) is 22.1. The lowest BCUT2D eigenvalue weighted by molar-refractivity contribution is -0.152. The van der Waals surface area contributed by atoms with Crippen LogP contribution in [0, 0.1) is 11.3 Å². The van der Waals surface area contributed by atoms with Crippen LogP contribution in [-0.2, 0) is 11.0 Å². The summed E-state index contributed by atoms with van der Waals surface area (Å²) in [6.45, 7) is 1.17. The molecule has 13 heteroatoms. The van der Waals surface area contributed by atoms with Crippen LogP contribution in [0.4, 0.5) is 13.2 Å². The Balaban J connectivity index is 1.64. The monoisotopic (exact) mass is 574 g/mol. The summed E-state index contributed by atoms with van der Waals surface area (Å²) in [6.07, 6.45) is 1.68. The van der Waals surface area contributed by atoms with Gasteiger partial charge in [-0.25, -0.2) is 0 Å². The molecule has 206 valence electrons. The van der Waals surface area contributed by atoms with Gasteiger partial charge in [0.15, 0.2) is 11.5 Å². The minimum atomic E-state index is -4.90. The Bertz CT molecular complexity index is 1220. The first-order chi connectivity index (χ1) is 17.8. The highest BCUT2D eigenvalue weighted by molar-refractivity contribution is 6.39. The van der Waals surface area contributed by atoms with Gasteiger partial charge in [0.05, 0.1) is 45.4 Å². The fourth-order valence-electron chi connectivity index (χ4n) is 5.08. The third-order valence-electron chi connectivity index (χ3n) is 7.67. The van der Waals surface area contributed by atoms with Gasteiger partial charge < -0.3 is 10.0 Å². The van der Waals surface area contributed by atoms with E-state index in [0.717, 1.165) is 35.0 Å². The maximum Gasteiger partial charge on any atom is 0.433 e. The number of halogens is 5. The predicted octanol–water partition coefficient (Wildman–Crippen LogP) is 5.93. The molecule has 1 amide bonds. The molecule has 0 unspecified atom stereocenters. The smallest absolute Gasteiger partial charge is 0.433 e. The number of hydrogen-bond acceptors (Lipinski definition) is 5. The number of Topliss-reactive ketones (excluding diaryl/α,β-unsaturated/α-hetero) is 1. The van der Waals surface area contributed by atoms with Crippen molar-refractivity contribution in [1.29, 1.82) is 0 Å². The van der Waals surface area contributed by atoms with Crippen LogP contribution >= 0.6 is 23.2 Å². The van der Waals surface area contributed by atoms with Crippen LogP contribution < -0.4 is 0 Å². The molecule has 2 aromatic rings. The number of hydrogen-bond donors (Lipinski definition) is 1. The van der Waals surface area contributed by atoms with E-state index in [1.165, 1.54) is 12.4 Å². The van der Waals surface area contributed by atoms with Crippen LogP contribution in [0.2, 0.25) is 10.0 Å². The van der Waals surface area contributed by atoms with Gasteiger partial charge in [0.25, 0.3) is 5.91 Å². The van der Waals surface area contributed by atoms with Crippen LogP contribution in [0.3, 0.4) is 0 Å². The van der Waals surface area contributed by atoms with Crippen LogP contribution in [-0.4, -0.2) is 55.5 Å². The van der Waals surface area contributed by atoms with Gasteiger partial charge in [0.1, 0.15) is 0 Å². The van der Waals surface area contributed by atoms with E-state index in [4.69, 9.17) is 23.2 Å². The molecule has 1 N–H and O–H groups in total. The zero-order chi connectivity index (χ0) is 27.8. The number of nitrogens with zero attached hydrogens (tertiary/aromatic N) is 4. The Labute approximate surface area is 227 Å². The number of alkyl halides is 3. The quantitative estimate of drug-likeness (QED) is 0.391. The molecule has 0 spiro atoms. The summed E-state index contributed by atoms with van der Waals surface area (Å²) < 4.78 is 43.8. The van der Waals surface area contributed by atoms with Crippen molar-refractivity contribution in [2.75, 3.05) is 13.1 Å². The summed E-state index contributed by atoms with van der Waals surface area (Å²) in [7, 11) is 0. The van der Waals surface area contributed by atoms with Gasteiger partial charge in [-0.1, -0.05) is 29.6 Å². The molecule has 0 bridgehead atoms. The van der Waals surface area contributed by atoms with Gasteiger partial charge in [0.2, 0.25) is 0 Å². The number of rotatable bonds is 8. The summed E-state index contributed by atoms with van der Waals surface area (Å²) in [4.78, 5) is 43.1. The molecular weight excluding hydrogens is 548 g/mol. The standard InChI is InChI=1S/C25H27Cl2F3N4O4/c1-24(23(37)38)7-5-15(6-8-24)34-21(25(28,29)30)16(9-32-34)22(36)33(12-14-3-2-4-14)13-19(35)20-17(26)10-31-11-18(20)27/h9-11,14-15H,2-8,12-13H2,1H3,(H,37,38)/t15-,24-. The maximum atomic E-state index is 14.3. The van der Waals surface area contributed by atoms with Gasteiger partial charge in [-0.15, -0.1) is 0 Å². The van der Waals surface area contributed by atoms with Gasteiger partial charge in [-0.05, 0) is 51.4 Å². The first-order valence-corrected chi connectivity index (χ1v) is 13.1. The van der Waals surface area contributed by atoms with Crippen molar-refractivity contribution in [2.45, 2.75) is 64.1 Å². The van der Waals surface area contributed by atoms with Crippen molar-refractivity contribution in [3.05, 3.63) is 45.5 Å². The zero-order valence-electron chi connectivity index (χ0n) is 20.6. The predicted molar refractivity (Wildman–Crippen MR) is 132 cm³/mol. The number of carboxylic acids is 1. The molecule has 0 atom stereocenters. The van der Waals surface area contributed by atoms with Crippen molar-refractivity contribution in [1.82, 2.24) is 19.7 Å². The number of ketones is 1. The van der Waals surface area contributed by atoms with Gasteiger partial charge in [-0.3, -0.25) is 24.0 Å².